The minimum atomic E-state index is 0.453. The third-order valence-corrected chi connectivity index (χ3v) is 7.52. The molecule has 20 heavy (non-hydrogen) atoms. The van der Waals surface area contributed by atoms with Crippen LogP contribution in [0.5, 0.6) is 0 Å². The lowest BCUT2D eigenvalue weighted by Gasteiger charge is -2.30. The molecular weight excluding hydrogens is 286 g/mol. The van der Waals surface area contributed by atoms with Crippen molar-refractivity contribution in [3.05, 3.63) is 17.1 Å². The first-order valence-corrected chi connectivity index (χ1v) is 9.58. The summed E-state index contributed by atoms with van der Waals surface area (Å²) in [7, 11) is 0. The summed E-state index contributed by atoms with van der Waals surface area (Å²) in [5.41, 5.74) is 2.66. The predicted octanol–water partition coefficient (Wildman–Crippen LogP) is 3.70. The molecule has 1 fully saturated rings. The molecule has 2 heterocycles. The van der Waals surface area contributed by atoms with E-state index in [-0.39, 0.29) is 0 Å². The third kappa shape index (κ3) is 2.80. The Kier molecular flexibility index (Phi) is 4.46. The fraction of sp³-hybridized carbons (Fsp3) is 0.733. The van der Waals surface area contributed by atoms with Gasteiger partial charge in [0, 0.05) is 34.1 Å². The molecule has 110 valence electrons. The molecule has 1 saturated heterocycles. The molecule has 0 spiro atoms. The van der Waals surface area contributed by atoms with E-state index in [1.54, 1.807) is 0 Å². The largest absolute Gasteiger partial charge is 0.370 e. The highest BCUT2D eigenvalue weighted by molar-refractivity contribution is 8.07. The molecule has 0 bridgehead atoms. The van der Waals surface area contributed by atoms with Gasteiger partial charge in [-0.15, -0.1) is 11.8 Å². The van der Waals surface area contributed by atoms with Crippen LogP contribution < -0.4 is 5.32 Å². The first-order valence-electron chi connectivity index (χ1n) is 7.59. The van der Waals surface area contributed by atoms with Crippen molar-refractivity contribution in [2.24, 2.45) is 0 Å². The molecule has 1 aliphatic carbocycles. The maximum absolute atomic E-state index is 4.89. The van der Waals surface area contributed by atoms with Gasteiger partial charge in [0.25, 0.3) is 0 Å². The van der Waals surface area contributed by atoms with Gasteiger partial charge in [0.2, 0.25) is 0 Å². The van der Waals surface area contributed by atoms with Gasteiger partial charge in [-0.2, -0.15) is 11.8 Å². The van der Waals surface area contributed by atoms with Crippen molar-refractivity contribution in [3.63, 3.8) is 0 Å². The zero-order valence-electron chi connectivity index (χ0n) is 12.5. The smallest absolute Gasteiger partial charge is 0.144 e. The van der Waals surface area contributed by atoms with E-state index in [1.807, 2.05) is 11.8 Å². The van der Waals surface area contributed by atoms with Crippen LogP contribution in [0.25, 0.3) is 0 Å². The van der Waals surface area contributed by atoms with Crippen molar-refractivity contribution < 1.29 is 0 Å². The van der Waals surface area contributed by atoms with E-state index in [2.05, 4.69) is 37.8 Å². The summed E-state index contributed by atoms with van der Waals surface area (Å²) in [5.74, 6) is 3.29. The van der Waals surface area contributed by atoms with Crippen molar-refractivity contribution in [1.29, 1.82) is 0 Å². The van der Waals surface area contributed by atoms with E-state index < -0.39 is 0 Å². The summed E-state index contributed by atoms with van der Waals surface area (Å²) >= 11 is 4.11. The predicted molar refractivity (Wildman–Crippen MR) is 89.9 cm³/mol. The maximum Gasteiger partial charge on any atom is 0.144 e. The number of fused-ring (bicyclic) bond motifs is 1. The Balaban J connectivity index is 1.88. The van der Waals surface area contributed by atoms with Gasteiger partial charge in [-0.25, -0.2) is 9.97 Å². The first-order chi connectivity index (χ1) is 9.69. The van der Waals surface area contributed by atoms with Gasteiger partial charge in [0.1, 0.15) is 11.6 Å². The van der Waals surface area contributed by atoms with Gasteiger partial charge in [0.15, 0.2) is 0 Å². The van der Waals surface area contributed by atoms with Gasteiger partial charge in [-0.3, -0.25) is 0 Å². The fourth-order valence-electron chi connectivity index (χ4n) is 2.83. The normalized spacial score (nSPS) is 29.2. The summed E-state index contributed by atoms with van der Waals surface area (Å²) in [6.07, 6.45) is 3.49. The molecule has 3 atom stereocenters. The van der Waals surface area contributed by atoms with Crippen molar-refractivity contribution in [3.8, 4) is 0 Å². The van der Waals surface area contributed by atoms with Crippen LogP contribution >= 0.6 is 23.5 Å². The molecule has 1 aromatic heterocycles. The van der Waals surface area contributed by atoms with E-state index in [0.717, 1.165) is 42.0 Å². The molecule has 3 unspecified atom stereocenters. The highest BCUT2D eigenvalue weighted by Crippen LogP contribution is 2.44. The summed E-state index contributed by atoms with van der Waals surface area (Å²) in [5, 5.41) is 5.31. The molecule has 1 aliphatic heterocycles. The van der Waals surface area contributed by atoms with Crippen LogP contribution in [0, 0.1) is 0 Å². The average molecular weight is 310 g/mol. The lowest BCUT2D eigenvalue weighted by atomic mass is 10.2. The van der Waals surface area contributed by atoms with Crippen LogP contribution in [0.15, 0.2) is 0 Å². The molecule has 0 saturated carbocycles. The Morgan fingerprint density at radius 3 is 2.80 bits per heavy atom. The molecule has 1 aromatic rings. The molecule has 1 N–H and O–H groups in total. The molecular formula is C15H23N3S2. The Morgan fingerprint density at radius 1 is 1.20 bits per heavy atom. The SMILES string of the molecule is CCNc1nc(C2CSC(C)C(C)S2)nc2c1CCC2. The van der Waals surface area contributed by atoms with Crippen LogP contribution in [0.3, 0.4) is 0 Å². The summed E-state index contributed by atoms with van der Waals surface area (Å²) < 4.78 is 0. The number of nitrogens with one attached hydrogen (secondary N) is 1. The van der Waals surface area contributed by atoms with Crippen molar-refractivity contribution in [2.75, 3.05) is 17.6 Å². The lowest BCUT2D eigenvalue weighted by Crippen LogP contribution is -2.23. The lowest BCUT2D eigenvalue weighted by molar-refractivity contribution is 0.842. The second kappa shape index (κ2) is 6.14. The van der Waals surface area contributed by atoms with Crippen molar-refractivity contribution in [1.82, 2.24) is 9.97 Å². The standard InChI is InChI=1S/C15H23N3S2/c1-4-16-14-11-6-5-7-12(11)17-15(18-14)13-8-19-9(2)10(3)20-13/h9-10,13H,4-8H2,1-3H3,(H,16,17,18). The molecule has 3 nitrogen and oxygen atoms in total. The monoisotopic (exact) mass is 309 g/mol. The molecule has 5 heteroatoms. The third-order valence-electron chi connectivity index (χ3n) is 4.13. The number of anilines is 1. The second-order valence-electron chi connectivity index (χ2n) is 5.61. The van der Waals surface area contributed by atoms with Gasteiger partial charge < -0.3 is 5.32 Å². The summed E-state index contributed by atoms with van der Waals surface area (Å²) in [4.78, 5) is 9.75. The van der Waals surface area contributed by atoms with Crippen LogP contribution in [0.2, 0.25) is 0 Å². The maximum atomic E-state index is 4.89. The molecule has 0 radical (unpaired) electrons. The Morgan fingerprint density at radius 2 is 2.05 bits per heavy atom. The molecule has 2 aliphatic rings. The number of hydrogen-bond acceptors (Lipinski definition) is 5. The van der Waals surface area contributed by atoms with Crippen LogP contribution in [-0.2, 0) is 12.8 Å². The zero-order valence-corrected chi connectivity index (χ0v) is 14.1. The van der Waals surface area contributed by atoms with E-state index in [0.29, 0.717) is 10.5 Å². The number of hydrogen-bond donors (Lipinski definition) is 1. The zero-order chi connectivity index (χ0) is 14.1. The number of aromatic nitrogens is 2. The highest BCUT2D eigenvalue weighted by atomic mass is 32.2. The summed E-state index contributed by atoms with van der Waals surface area (Å²) in [6.45, 7) is 7.72. The van der Waals surface area contributed by atoms with E-state index in [9.17, 15) is 0 Å². The van der Waals surface area contributed by atoms with Crippen LogP contribution in [0.1, 0.15) is 49.5 Å². The minimum absolute atomic E-state index is 0.453. The highest BCUT2D eigenvalue weighted by Gasteiger charge is 2.30. The molecule has 0 amide bonds. The quantitative estimate of drug-likeness (QED) is 0.921. The van der Waals surface area contributed by atoms with Gasteiger partial charge in [-0.1, -0.05) is 13.8 Å². The first kappa shape index (κ1) is 14.5. The second-order valence-corrected chi connectivity index (χ2v) is 8.60. The number of nitrogens with zero attached hydrogens (tertiary/aromatic N) is 2. The van der Waals surface area contributed by atoms with Crippen LogP contribution in [0.4, 0.5) is 5.82 Å². The molecule has 0 aromatic carbocycles. The van der Waals surface area contributed by atoms with Gasteiger partial charge in [0.05, 0.1) is 5.25 Å². The minimum Gasteiger partial charge on any atom is -0.370 e. The van der Waals surface area contributed by atoms with E-state index in [4.69, 9.17) is 9.97 Å². The topological polar surface area (TPSA) is 37.8 Å². The van der Waals surface area contributed by atoms with Gasteiger partial charge >= 0.3 is 0 Å². The summed E-state index contributed by atoms with van der Waals surface area (Å²) in [6, 6.07) is 0. The number of thioether (sulfide) groups is 2. The van der Waals surface area contributed by atoms with Crippen LogP contribution in [-0.4, -0.2) is 32.8 Å². The van der Waals surface area contributed by atoms with E-state index in [1.165, 1.54) is 17.7 Å². The Bertz CT molecular complexity index is 492. The Labute approximate surface area is 130 Å². The Hall–Kier alpha value is -0.420. The fourth-order valence-corrected chi connectivity index (χ4v) is 5.67. The van der Waals surface area contributed by atoms with Gasteiger partial charge in [-0.05, 0) is 26.2 Å². The molecule has 3 rings (SSSR count). The number of aryl methyl sites for hydroxylation is 1. The average Bonchev–Trinajstić information content (AvgIpc) is 2.90. The number of rotatable bonds is 3. The van der Waals surface area contributed by atoms with Crippen molar-refractivity contribution in [2.45, 2.75) is 55.8 Å². The van der Waals surface area contributed by atoms with E-state index >= 15 is 0 Å². The van der Waals surface area contributed by atoms with Crippen molar-refractivity contribution >= 4 is 29.3 Å².